The SMILES string of the molecule is Cl.Nc1ccnnc1C(=O)O. The minimum atomic E-state index is -1.16. The number of nitrogens with two attached hydrogens (primary N) is 1. The summed E-state index contributed by atoms with van der Waals surface area (Å²) in [7, 11) is 0. The second-order valence-electron chi connectivity index (χ2n) is 1.64. The van der Waals surface area contributed by atoms with Crippen LogP contribution in [-0.4, -0.2) is 21.3 Å². The Bertz CT molecular complexity index is 266. The lowest BCUT2D eigenvalue weighted by atomic mass is 10.3. The molecule has 0 aromatic carbocycles. The third-order valence-electron chi connectivity index (χ3n) is 0.955. The maximum atomic E-state index is 10.2. The molecule has 0 unspecified atom stereocenters. The van der Waals surface area contributed by atoms with Gasteiger partial charge < -0.3 is 10.8 Å². The van der Waals surface area contributed by atoms with Gasteiger partial charge in [-0.3, -0.25) is 0 Å². The lowest BCUT2D eigenvalue weighted by Crippen LogP contribution is -2.05. The van der Waals surface area contributed by atoms with Crippen LogP contribution in [0, 0.1) is 0 Å². The molecule has 1 rings (SSSR count). The number of hydrogen-bond acceptors (Lipinski definition) is 4. The molecule has 1 heterocycles. The maximum Gasteiger partial charge on any atom is 0.358 e. The first-order chi connectivity index (χ1) is 4.72. The molecule has 0 fully saturated rings. The Morgan fingerprint density at radius 3 is 2.64 bits per heavy atom. The number of nitrogen functional groups attached to an aromatic ring is 1. The second-order valence-corrected chi connectivity index (χ2v) is 1.64. The van der Waals surface area contributed by atoms with Gasteiger partial charge in [0, 0.05) is 0 Å². The second kappa shape index (κ2) is 3.72. The van der Waals surface area contributed by atoms with Crippen molar-refractivity contribution >= 4 is 24.1 Å². The van der Waals surface area contributed by atoms with Crippen molar-refractivity contribution in [2.75, 3.05) is 5.73 Å². The van der Waals surface area contributed by atoms with Crippen molar-refractivity contribution in [3.63, 3.8) is 0 Å². The molecule has 0 radical (unpaired) electrons. The van der Waals surface area contributed by atoms with E-state index < -0.39 is 5.97 Å². The fourth-order valence-corrected chi connectivity index (χ4v) is 0.508. The van der Waals surface area contributed by atoms with Gasteiger partial charge in [0.25, 0.3) is 0 Å². The van der Waals surface area contributed by atoms with Crippen LogP contribution in [0.5, 0.6) is 0 Å². The highest BCUT2D eigenvalue weighted by atomic mass is 35.5. The van der Waals surface area contributed by atoms with E-state index in [-0.39, 0.29) is 23.8 Å². The van der Waals surface area contributed by atoms with E-state index in [1.54, 1.807) is 0 Å². The van der Waals surface area contributed by atoms with E-state index in [1.165, 1.54) is 12.3 Å². The average molecular weight is 176 g/mol. The Hall–Kier alpha value is -1.36. The van der Waals surface area contributed by atoms with Crippen LogP contribution in [0.1, 0.15) is 10.5 Å². The van der Waals surface area contributed by atoms with Crippen LogP contribution in [0.15, 0.2) is 12.3 Å². The number of rotatable bonds is 1. The Morgan fingerprint density at radius 1 is 1.64 bits per heavy atom. The molecule has 5 nitrogen and oxygen atoms in total. The van der Waals surface area contributed by atoms with E-state index in [0.717, 1.165) is 0 Å². The summed E-state index contributed by atoms with van der Waals surface area (Å²) in [6.45, 7) is 0. The first-order valence-corrected chi connectivity index (χ1v) is 2.52. The van der Waals surface area contributed by atoms with Gasteiger partial charge in [0.2, 0.25) is 0 Å². The average Bonchev–Trinajstić information content (AvgIpc) is 1.88. The van der Waals surface area contributed by atoms with E-state index in [9.17, 15) is 4.79 Å². The monoisotopic (exact) mass is 175 g/mol. The summed E-state index contributed by atoms with van der Waals surface area (Å²) < 4.78 is 0. The van der Waals surface area contributed by atoms with Gasteiger partial charge in [-0.25, -0.2) is 4.79 Å². The number of hydrogen-bond donors (Lipinski definition) is 2. The van der Waals surface area contributed by atoms with E-state index >= 15 is 0 Å². The quantitative estimate of drug-likeness (QED) is 0.636. The fraction of sp³-hybridized carbons (Fsp3) is 0. The molecule has 0 saturated heterocycles. The number of nitrogens with zero attached hydrogens (tertiary/aromatic N) is 2. The van der Waals surface area contributed by atoms with Gasteiger partial charge in [0.15, 0.2) is 5.69 Å². The summed E-state index contributed by atoms with van der Waals surface area (Å²) in [6.07, 6.45) is 1.34. The maximum absolute atomic E-state index is 10.2. The lowest BCUT2D eigenvalue weighted by molar-refractivity contribution is 0.0690. The lowest BCUT2D eigenvalue weighted by Gasteiger charge is -1.93. The van der Waals surface area contributed by atoms with Gasteiger partial charge in [-0.2, -0.15) is 5.10 Å². The summed E-state index contributed by atoms with van der Waals surface area (Å²) >= 11 is 0. The van der Waals surface area contributed by atoms with Gasteiger partial charge in [-0.1, -0.05) is 0 Å². The number of aromatic carboxylic acids is 1. The van der Waals surface area contributed by atoms with Gasteiger partial charge in [0.05, 0.1) is 11.9 Å². The molecular formula is C5H6ClN3O2. The number of carboxylic acid groups (broad SMARTS) is 1. The molecule has 3 N–H and O–H groups in total. The third kappa shape index (κ3) is 2.05. The van der Waals surface area contributed by atoms with E-state index in [2.05, 4.69) is 10.2 Å². The summed E-state index contributed by atoms with van der Waals surface area (Å²) in [6, 6.07) is 1.39. The first kappa shape index (κ1) is 9.64. The van der Waals surface area contributed by atoms with Crippen molar-refractivity contribution in [3.8, 4) is 0 Å². The molecule has 0 aliphatic carbocycles. The van der Waals surface area contributed by atoms with Crippen LogP contribution < -0.4 is 5.73 Å². The standard InChI is InChI=1S/C5H5N3O2.ClH/c6-3-1-2-7-8-4(3)5(9)10;/h1-2H,(H2,6,7)(H,9,10);1H. The molecule has 0 aliphatic rings. The molecule has 1 aromatic heterocycles. The van der Waals surface area contributed by atoms with Crippen LogP contribution in [-0.2, 0) is 0 Å². The topological polar surface area (TPSA) is 89.1 Å². The number of halogens is 1. The smallest absolute Gasteiger partial charge is 0.358 e. The van der Waals surface area contributed by atoms with E-state index in [1.807, 2.05) is 0 Å². The molecular weight excluding hydrogens is 170 g/mol. The summed E-state index contributed by atoms with van der Waals surface area (Å²) in [5, 5.41) is 15.0. The number of anilines is 1. The summed E-state index contributed by atoms with van der Waals surface area (Å²) in [5.74, 6) is -1.16. The molecule has 6 heteroatoms. The number of aromatic nitrogens is 2. The van der Waals surface area contributed by atoms with Gasteiger partial charge in [-0.05, 0) is 6.07 Å². The molecule has 11 heavy (non-hydrogen) atoms. The highest BCUT2D eigenvalue weighted by Crippen LogP contribution is 2.03. The van der Waals surface area contributed by atoms with Gasteiger partial charge in [-0.15, -0.1) is 17.5 Å². The van der Waals surface area contributed by atoms with Crippen molar-refractivity contribution in [1.82, 2.24) is 10.2 Å². The zero-order chi connectivity index (χ0) is 7.56. The molecule has 0 atom stereocenters. The molecule has 0 saturated carbocycles. The van der Waals surface area contributed by atoms with E-state index in [0.29, 0.717) is 0 Å². The number of carbonyl (C=O) groups is 1. The Labute approximate surface area is 68.7 Å². The van der Waals surface area contributed by atoms with Crippen molar-refractivity contribution < 1.29 is 9.90 Å². The Morgan fingerprint density at radius 2 is 2.27 bits per heavy atom. The normalized spacial score (nSPS) is 8.36. The van der Waals surface area contributed by atoms with Gasteiger partial charge in [0.1, 0.15) is 0 Å². The largest absolute Gasteiger partial charge is 0.476 e. The van der Waals surface area contributed by atoms with E-state index in [4.69, 9.17) is 10.8 Å². The predicted octanol–water partition coefficient (Wildman–Crippen LogP) is 0.179. The van der Waals surface area contributed by atoms with Crippen molar-refractivity contribution in [2.24, 2.45) is 0 Å². The highest BCUT2D eigenvalue weighted by Gasteiger charge is 2.07. The minimum Gasteiger partial charge on any atom is -0.476 e. The zero-order valence-electron chi connectivity index (χ0n) is 5.39. The molecule has 0 bridgehead atoms. The molecule has 1 aromatic rings. The number of carboxylic acids is 1. The molecule has 0 aliphatic heterocycles. The van der Waals surface area contributed by atoms with Gasteiger partial charge >= 0.3 is 5.97 Å². The fourth-order valence-electron chi connectivity index (χ4n) is 0.508. The molecule has 60 valence electrons. The Balaban J connectivity index is 0.000001000. The zero-order valence-corrected chi connectivity index (χ0v) is 6.21. The predicted molar refractivity (Wildman–Crippen MR) is 40.7 cm³/mol. The third-order valence-corrected chi connectivity index (χ3v) is 0.955. The van der Waals surface area contributed by atoms with Crippen molar-refractivity contribution in [1.29, 1.82) is 0 Å². The molecule has 0 spiro atoms. The van der Waals surface area contributed by atoms with Crippen LogP contribution in [0.2, 0.25) is 0 Å². The van der Waals surface area contributed by atoms with Crippen molar-refractivity contribution in [3.05, 3.63) is 18.0 Å². The Kier molecular flexibility index (Phi) is 3.26. The highest BCUT2D eigenvalue weighted by molar-refractivity contribution is 5.90. The summed E-state index contributed by atoms with van der Waals surface area (Å²) in [4.78, 5) is 10.2. The minimum absolute atomic E-state index is 0. The first-order valence-electron chi connectivity index (χ1n) is 2.52. The van der Waals surface area contributed by atoms with Crippen molar-refractivity contribution in [2.45, 2.75) is 0 Å². The summed E-state index contributed by atoms with van der Waals surface area (Å²) in [5.41, 5.74) is 5.16. The van der Waals surface area contributed by atoms with Crippen LogP contribution in [0.25, 0.3) is 0 Å². The van der Waals surface area contributed by atoms with Crippen LogP contribution in [0.3, 0.4) is 0 Å². The molecule has 0 amide bonds. The van der Waals surface area contributed by atoms with Crippen LogP contribution in [0.4, 0.5) is 5.69 Å². The van der Waals surface area contributed by atoms with Crippen LogP contribution >= 0.6 is 12.4 Å².